The molecule has 0 unspecified atom stereocenters. The zero-order valence-corrected chi connectivity index (χ0v) is 28.1. The third-order valence-electron chi connectivity index (χ3n) is 8.32. The van der Waals surface area contributed by atoms with Crippen molar-refractivity contribution in [1.82, 2.24) is 19.3 Å². The van der Waals surface area contributed by atoms with Gasteiger partial charge in [-0.05, 0) is 70.8 Å². The Labute approximate surface area is 278 Å². The summed E-state index contributed by atoms with van der Waals surface area (Å²) in [6.45, 7) is 8.63. The Balaban J connectivity index is 0.00000357. The average Bonchev–Trinajstić information content (AvgIpc) is 3.67. The molecule has 0 saturated carbocycles. The topological polar surface area (TPSA) is 44.9 Å². The summed E-state index contributed by atoms with van der Waals surface area (Å²) in [5.74, 6) is 2.11. The Hall–Kier alpha value is -4.47. The molecule has 3 heterocycles. The van der Waals surface area contributed by atoms with Gasteiger partial charge in [-0.25, -0.2) is 4.98 Å². The van der Waals surface area contributed by atoms with E-state index in [4.69, 9.17) is 14.8 Å². The number of nitrogens with zero attached hydrogens (tertiary/aromatic N) is 4. The van der Waals surface area contributed by atoms with Gasteiger partial charge >= 0.3 is 21.1 Å². The smallest absolute Gasteiger partial charge is 0.509 e. The predicted octanol–water partition coefficient (Wildman–Crippen LogP) is 9.42. The molecule has 0 fully saturated rings. The fraction of sp³-hybridized carbons (Fsp3) is 0.179. The number of hydrogen-bond donors (Lipinski definition) is 0. The molecule has 0 aliphatic carbocycles. The van der Waals surface area contributed by atoms with Crippen molar-refractivity contribution in [3.8, 4) is 34.1 Å². The second-order valence-electron chi connectivity index (χ2n) is 11.2. The van der Waals surface area contributed by atoms with Crippen molar-refractivity contribution < 1.29 is 25.8 Å². The molecule has 7 rings (SSSR count). The maximum atomic E-state index is 6.44. The van der Waals surface area contributed by atoms with Crippen molar-refractivity contribution in [3.63, 3.8) is 0 Å². The van der Waals surface area contributed by atoms with Crippen LogP contribution in [-0.4, -0.2) is 19.3 Å². The quantitative estimate of drug-likeness (QED) is 0.145. The van der Waals surface area contributed by atoms with Gasteiger partial charge in [0.05, 0.1) is 6.20 Å². The second kappa shape index (κ2) is 12.9. The molecule has 5 nitrogen and oxygen atoms in total. The Morgan fingerprint density at radius 2 is 1.58 bits per heavy atom. The van der Waals surface area contributed by atoms with Crippen LogP contribution >= 0.6 is 0 Å². The summed E-state index contributed by atoms with van der Waals surface area (Å²) in [7, 11) is 0. The van der Waals surface area contributed by atoms with E-state index in [0.29, 0.717) is 11.5 Å². The van der Waals surface area contributed by atoms with Crippen LogP contribution in [0, 0.1) is 19.1 Å². The van der Waals surface area contributed by atoms with E-state index < -0.39 is 0 Å². The van der Waals surface area contributed by atoms with Crippen LogP contribution in [0.3, 0.4) is 0 Å². The van der Waals surface area contributed by atoms with E-state index in [9.17, 15) is 0 Å². The minimum absolute atomic E-state index is 0. The van der Waals surface area contributed by atoms with Crippen molar-refractivity contribution >= 4 is 21.8 Å². The minimum atomic E-state index is 0. The Kier molecular flexibility index (Phi) is 8.74. The Morgan fingerprint density at radius 1 is 0.778 bits per heavy atom. The van der Waals surface area contributed by atoms with Gasteiger partial charge in [0, 0.05) is 35.0 Å². The van der Waals surface area contributed by atoms with Crippen LogP contribution in [0.2, 0.25) is 0 Å². The van der Waals surface area contributed by atoms with Gasteiger partial charge in [-0.2, -0.15) is 16.7 Å². The Bertz CT molecular complexity index is 2120. The molecule has 45 heavy (non-hydrogen) atoms. The van der Waals surface area contributed by atoms with Crippen molar-refractivity contribution in [2.45, 2.75) is 47.0 Å². The standard InChI is InChI=1S/C39H34N4O.Pt/c1-5-27-17-18-40-38(21-27)43-36-14-9-8-13-34(36)35-16-15-32(23-37(35)43)44-33-20-26(4)19-31(22-33)42-25-30(24-41-42)39-28(6-2)11-10-12-29(39)7-3;/h8-21,24-25H,5-7H2,1-4H3;/q-2;+2. The van der Waals surface area contributed by atoms with Gasteiger partial charge in [-0.1, -0.05) is 69.6 Å². The predicted molar refractivity (Wildman–Crippen MR) is 178 cm³/mol. The van der Waals surface area contributed by atoms with Crippen LogP contribution in [0.25, 0.3) is 44.4 Å². The van der Waals surface area contributed by atoms with Gasteiger partial charge < -0.3 is 9.30 Å². The Morgan fingerprint density at radius 3 is 2.36 bits per heavy atom. The number of aryl methyl sites for hydroxylation is 4. The molecule has 0 aliphatic rings. The molecule has 0 spiro atoms. The molecule has 7 aromatic rings. The largest absolute Gasteiger partial charge is 2.00 e. The van der Waals surface area contributed by atoms with Gasteiger partial charge in [0.2, 0.25) is 0 Å². The summed E-state index contributed by atoms with van der Waals surface area (Å²) >= 11 is 0. The van der Waals surface area contributed by atoms with E-state index in [2.05, 4.69) is 117 Å². The van der Waals surface area contributed by atoms with Gasteiger partial charge in [-0.3, -0.25) is 4.68 Å². The average molecular weight is 770 g/mol. The minimum Gasteiger partial charge on any atom is -0.509 e. The molecule has 4 aromatic carbocycles. The summed E-state index contributed by atoms with van der Waals surface area (Å²) in [5, 5.41) is 7.00. The third kappa shape index (κ3) is 5.73. The summed E-state index contributed by atoms with van der Waals surface area (Å²) in [6.07, 6.45) is 8.82. The molecule has 0 N–H and O–H groups in total. The number of rotatable bonds is 8. The third-order valence-corrected chi connectivity index (χ3v) is 8.32. The molecule has 0 radical (unpaired) electrons. The number of hydrogen-bond acceptors (Lipinski definition) is 3. The van der Waals surface area contributed by atoms with Crippen LogP contribution in [0.5, 0.6) is 11.5 Å². The second-order valence-corrected chi connectivity index (χ2v) is 11.2. The van der Waals surface area contributed by atoms with E-state index in [1.165, 1.54) is 22.3 Å². The first-order chi connectivity index (χ1) is 21.6. The van der Waals surface area contributed by atoms with Crippen molar-refractivity contribution in [3.05, 3.63) is 132 Å². The number of pyridine rings is 1. The first kappa shape index (κ1) is 30.6. The molecule has 226 valence electrons. The molecule has 6 heteroatoms. The van der Waals surface area contributed by atoms with Crippen molar-refractivity contribution in [2.24, 2.45) is 0 Å². The SMILES string of the molecule is CCc1ccnc(-n2c3[c-]c(Oc4[c-]c(-n5cc(-c6c(CC)cccc6CC)cn5)cc(C)c4)ccc3c3ccccc32)c1.[Pt+2]. The first-order valence-corrected chi connectivity index (χ1v) is 15.3. The van der Waals surface area contributed by atoms with Gasteiger partial charge in [-0.15, -0.1) is 35.7 Å². The molecule has 0 saturated heterocycles. The van der Waals surface area contributed by atoms with Gasteiger partial charge in [0.1, 0.15) is 5.82 Å². The van der Waals surface area contributed by atoms with E-state index in [1.54, 1.807) is 0 Å². The zero-order chi connectivity index (χ0) is 30.2. The summed E-state index contributed by atoms with van der Waals surface area (Å²) in [4.78, 5) is 4.73. The maximum Gasteiger partial charge on any atom is 2.00 e. The van der Waals surface area contributed by atoms with Crippen LogP contribution in [0.1, 0.15) is 43.0 Å². The number of fused-ring (bicyclic) bond motifs is 3. The number of ether oxygens (including phenoxy) is 1. The van der Waals surface area contributed by atoms with Gasteiger partial charge in [0.25, 0.3) is 0 Å². The number of aromatic nitrogens is 4. The molecule has 0 aliphatic heterocycles. The fourth-order valence-electron chi connectivity index (χ4n) is 6.13. The van der Waals surface area contributed by atoms with E-state index in [-0.39, 0.29) is 21.1 Å². The van der Waals surface area contributed by atoms with Crippen LogP contribution in [0.15, 0.2) is 97.5 Å². The van der Waals surface area contributed by atoms with E-state index in [0.717, 1.165) is 63.7 Å². The molecule has 3 aromatic heterocycles. The van der Waals surface area contributed by atoms with E-state index >= 15 is 0 Å². The zero-order valence-electron chi connectivity index (χ0n) is 25.9. The molecule has 0 amide bonds. The van der Waals surface area contributed by atoms with Crippen LogP contribution in [0.4, 0.5) is 0 Å². The maximum absolute atomic E-state index is 6.44. The van der Waals surface area contributed by atoms with Crippen molar-refractivity contribution in [1.29, 1.82) is 0 Å². The van der Waals surface area contributed by atoms with Gasteiger partial charge in [0.15, 0.2) is 0 Å². The molecular formula is C39H34N4OPt. The first-order valence-electron chi connectivity index (χ1n) is 15.3. The monoisotopic (exact) mass is 769 g/mol. The van der Waals surface area contributed by atoms with Crippen LogP contribution in [-0.2, 0) is 40.3 Å². The summed E-state index contributed by atoms with van der Waals surface area (Å²) in [5.41, 5.74) is 10.2. The normalized spacial score (nSPS) is 11.2. The number of benzene rings is 4. The fourth-order valence-corrected chi connectivity index (χ4v) is 6.13. The van der Waals surface area contributed by atoms with Crippen molar-refractivity contribution in [2.75, 3.05) is 0 Å². The summed E-state index contributed by atoms with van der Waals surface area (Å²) < 4.78 is 10.5. The van der Waals surface area contributed by atoms with Crippen LogP contribution < -0.4 is 4.74 Å². The number of para-hydroxylation sites is 1. The van der Waals surface area contributed by atoms with E-state index in [1.807, 2.05) is 29.2 Å². The molecule has 0 atom stereocenters. The summed E-state index contributed by atoms with van der Waals surface area (Å²) in [6, 6.07) is 34.3. The molecule has 0 bridgehead atoms. The molecular weight excluding hydrogens is 736 g/mol.